The third-order valence-corrected chi connectivity index (χ3v) is 4.30. The van der Waals surface area contributed by atoms with Gasteiger partial charge >= 0.3 is 0 Å². The highest BCUT2D eigenvalue weighted by Crippen LogP contribution is 2.35. The Balaban J connectivity index is 1.81. The number of benzene rings is 2. The second-order valence-electron chi connectivity index (χ2n) is 5.32. The van der Waals surface area contributed by atoms with Gasteiger partial charge in [0.05, 0.1) is 6.61 Å². The molecule has 0 aromatic heterocycles. The van der Waals surface area contributed by atoms with Crippen LogP contribution in [0.3, 0.4) is 0 Å². The van der Waals surface area contributed by atoms with Gasteiger partial charge in [0.2, 0.25) is 0 Å². The Labute approximate surface area is 132 Å². The smallest absolute Gasteiger partial charge is 0.124 e. The summed E-state index contributed by atoms with van der Waals surface area (Å²) in [6.07, 6.45) is 0.906. The van der Waals surface area contributed by atoms with E-state index in [1.165, 1.54) is 6.07 Å². The molecule has 3 rings (SSSR count). The van der Waals surface area contributed by atoms with Gasteiger partial charge < -0.3 is 10.1 Å². The lowest BCUT2D eigenvalue weighted by molar-refractivity contribution is 0.246. The van der Waals surface area contributed by atoms with Crippen molar-refractivity contribution in [2.75, 3.05) is 6.61 Å². The summed E-state index contributed by atoms with van der Waals surface area (Å²) >= 11 is 3.51. The second-order valence-corrected chi connectivity index (χ2v) is 6.23. The predicted octanol–water partition coefficient (Wildman–Crippen LogP) is 4.76. The van der Waals surface area contributed by atoms with Crippen LogP contribution in [0.5, 0.6) is 5.75 Å². The molecule has 0 aliphatic carbocycles. The molecule has 0 amide bonds. The zero-order valence-electron chi connectivity index (χ0n) is 11.8. The van der Waals surface area contributed by atoms with Crippen LogP contribution in [0.25, 0.3) is 0 Å². The predicted molar refractivity (Wildman–Crippen MR) is 84.9 cm³/mol. The lowest BCUT2D eigenvalue weighted by Crippen LogP contribution is -2.29. The third-order valence-electron chi connectivity index (χ3n) is 3.81. The molecule has 0 saturated heterocycles. The summed E-state index contributed by atoms with van der Waals surface area (Å²) in [5.41, 5.74) is 2.11. The number of ether oxygens (including phenoxy) is 1. The van der Waals surface area contributed by atoms with Crippen molar-refractivity contribution in [3.05, 3.63) is 63.9 Å². The maximum Gasteiger partial charge on any atom is 0.124 e. The van der Waals surface area contributed by atoms with Crippen molar-refractivity contribution in [2.45, 2.75) is 25.4 Å². The van der Waals surface area contributed by atoms with Crippen molar-refractivity contribution in [3.63, 3.8) is 0 Å². The molecule has 21 heavy (non-hydrogen) atoms. The minimum absolute atomic E-state index is 0.0793. The molecule has 0 saturated carbocycles. The fraction of sp³-hybridized carbons (Fsp3) is 0.294. The van der Waals surface area contributed by atoms with Gasteiger partial charge in [0.1, 0.15) is 11.6 Å². The fourth-order valence-corrected chi connectivity index (χ4v) is 3.09. The summed E-state index contributed by atoms with van der Waals surface area (Å²) in [4.78, 5) is 0. The maximum atomic E-state index is 13.3. The Morgan fingerprint density at radius 1 is 1.29 bits per heavy atom. The molecular weight excluding hydrogens is 333 g/mol. The molecule has 2 atom stereocenters. The largest absolute Gasteiger partial charge is 0.493 e. The minimum atomic E-state index is -0.198. The topological polar surface area (TPSA) is 21.3 Å². The van der Waals surface area contributed by atoms with Crippen LogP contribution in [0, 0.1) is 5.82 Å². The summed E-state index contributed by atoms with van der Waals surface area (Å²) < 4.78 is 20.1. The molecule has 1 N–H and O–H groups in total. The van der Waals surface area contributed by atoms with E-state index in [0.717, 1.165) is 27.8 Å². The summed E-state index contributed by atoms with van der Waals surface area (Å²) in [7, 11) is 0. The van der Waals surface area contributed by atoms with E-state index in [4.69, 9.17) is 4.74 Å². The van der Waals surface area contributed by atoms with E-state index in [1.807, 2.05) is 18.2 Å². The van der Waals surface area contributed by atoms with Gasteiger partial charge in [0.25, 0.3) is 0 Å². The number of nitrogens with one attached hydrogen (secondary N) is 1. The van der Waals surface area contributed by atoms with E-state index in [0.29, 0.717) is 6.61 Å². The molecule has 1 heterocycles. The van der Waals surface area contributed by atoms with Gasteiger partial charge in [-0.1, -0.05) is 28.1 Å². The SMILES string of the molecule is CC(NC1CCOc2ccc(Br)cc21)c1cccc(F)c1. The van der Waals surface area contributed by atoms with Crippen LogP contribution >= 0.6 is 15.9 Å². The number of halogens is 2. The lowest BCUT2D eigenvalue weighted by atomic mass is 9.98. The van der Waals surface area contributed by atoms with E-state index in [2.05, 4.69) is 34.2 Å². The molecule has 0 radical (unpaired) electrons. The maximum absolute atomic E-state index is 13.3. The molecule has 2 aromatic carbocycles. The van der Waals surface area contributed by atoms with Crippen LogP contribution in [0.15, 0.2) is 46.9 Å². The third kappa shape index (κ3) is 3.27. The Bertz CT molecular complexity index is 646. The van der Waals surface area contributed by atoms with Crippen LogP contribution in [-0.2, 0) is 0 Å². The number of fused-ring (bicyclic) bond motifs is 1. The molecule has 1 aliphatic heterocycles. The molecule has 2 aromatic rings. The Morgan fingerprint density at radius 3 is 2.95 bits per heavy atom. The molecule has 0 spiro atoms. The monoisotopic (exact) mass is 349 g/mol. The number of rotatable bonds is 3. The van der Waals surface area contributed by atoms with Crippen molar-refractivity contribution in [1.82, 2.24) is 5.32 Å². The molecule has 4 heteroatoms. The van der Waals surface area contributed by atoms with Crippen molar-refractivity contribution < 1.29 is 9.13 Å². The zero-order chi connectivity index (χ0) is 14.8. The minimum Gasteiger partial charge on any atom is -0.493 e. The first-order valence-electron chi connectivity index (χ1n) is 7.07. The average Bonchev–Trinajstić information content (AvgIpc) is 2.48. The van der Waals surface area contributed by atoms with Crippen LogP contribution in [0.2, 0.25) is 0 Å². The Hall–Kier alpha value is -1.39. The first-order valence-corrected chi connectivity index (χ1v) is 7.86. The summed E-state index contributed by atoms with van der Waals surface area (Å²) in [6, 6.07) is 13.1. The molecular formula is C17H17BrFNO. The van der Waals surface area contributed by atoms with Crippen molar-refractivity contribution in [2.24, 2.45) is 0 Å². The van der Waals surface area contributed by atoms with E-state index in [1.54, 1.807) is 12.1 Å². The van der Waals surface area contributed by atoms with Crippen LogP contribution in [0.4, 0.5) is 4.39 Å². The molecule has 110 valence electrons. The van der Waals surface area contributed by atoms with Gasteiger partial charge in [0.15, 0.2) is 0 Å². The van der Waals surface area contributed by atoms with E-state index in [-0.39, 0.29) is 17.9 Å². The molecule has 1 aliphatic rings. The Morgan fingerprint density at radius 2 is 2.14 bits per heavy atom. The standard InChI is InChI=1S/C17H17BrFNO/c1-11(12-3-2-4-14(19)9-12)20-16-7-8-21-17-6-5-13(18)10-15(16)17/h2-6,9-11,16,20H,7-8H2,1H3. The first kappa shape index (κ1) is 14.5. The van der Waals surface area contributed by atoms with Gasteiger partial charge in [-0.05, 0) is 42.8 Å². The molecule has 2 unspecified atom stereocenters. The highest BCUT2D eigenvalue weighted by molar-refractivity contribution is 9.10. The molecule has 0 fully saturated rings. The van der Waals surface area contributed by atoms with E-state index < -0.39 is 0 Å². The van der Waals surface area contributed by atoms with Crippen molar-refractivity contribution in [3.8, 4) is 5.75 Å². The zero-order valence-corrected chi connectivity index (χ0v) is 13.4. The van der Waals surface area contributed by atoms with E-state index in [9.17, 15) is 4.39 Å². The highest BCUT2D eigenvalue weighted by atomic mass is 79.9. The quantitative estimate of drug-likeness (QED) is 0.862. The molecule has 2 nitrogen and oxygen atoms in total. The van der Waals surface area contributed by atoms with Gasteiger partial charge in [-0.15, -0.1) is 0 Å². The summed E-state index contributed by atoms with van der Waals surface area (Å²) in [5, 5.41) is 3.58. The normalized spacial score (nSPS) is 18.7. The van der Waals surface area contributed by atoms with Crippen molar-refractivity contribution in [1.29, 1.82) is 0 Å². The fourth-order valence-electron chi connectivity index (χ4n) is 2.71. The van der Waals surface area contributed by atoms with Gasteiger partial charge in [0, 0.05) is 28.5 Å². The van der Waals surface area contributed by atoms with Gasteiger partial charge in [-0.2, -0.15) is 0 Å². The van der Waals surface area contributed by atoms with Gasteiger partial charge in [-0.3, -0.25) is 0 Å². The number of hydrogen-bond acceptors (Lipinski definition) is 2. The van der Waals surface area contributed by atoms with Gasteiger partial charge in [-0.25, -0.2) is 4.39 Å². The highest BCUT2D eigenvalue weighted by Gasteiger charge is 2.23. The lowest BCUT2D eigenvalue weighted by Gasteiger charge is -2.29. The first-order chi connectivity index (χ1) is 10.1. The number of hydrogen-bond donors (Lipinski definition) is 1. The average molecular weight is 350 g/mol. The summed E-state index contributed by atoms with van der Waals surface area (Å²) in [6.45, 7) is 2.75. The second kappa shape index (κ2) is 6.16. The van der Waals surface area contributed by atoms with Crippen LogP contribution in [-0.4, -0.2) is 6.61 Å². The van der Waals surface area contributed by atoms with Crippen LogP contribution in [0.1, 0.15) is 36.6 Å². The van der Waals surface area contributed by atoms with E-state index >= 15 is 0 Å². The Kier molecular flexibility index (Phi) is 4.27. The molecule has 0 bridgehead atoms. The van der Waals surface area contributed by atoms with Crippen LogP contribution < -0.4 is 10.1 Å². The summed E-state index contributed by atoms with van der Waals surface area (Å²) in [5.74, 6) is 0.727. The van der Waals surface area contributed by atoms with Crippen molar-refractivity contribution >= 4 is 15.9 Å².